The second-order valence-corrected chi connectivity index (χ2v) is 42.3. The molecule has 0 unspecified atom stereocenters. The zero-order valence-corrected chi connectivity index (χ0v) is 94.3. The summed E-state index contributed by atoms with van der Waals surface area (Å²) >= 11 is 30.3. The molecule has 737 valence electrons. The molecule has 0 aromatic carbocycles. The van der Waals surface area contributed by atoms with Gasteiger partial charge in [-0.25, -0.2) is 50.1 Å². The zero-order valence-electron chi connectivity index (χ0n) is 77.3. The molecule has 48 heteroatoms. The molecule has 12 N–H and O–H groups in total. The number of carbonyl (C=O) groups excluding carboxylic acids is 3. The van der Waals surface area contributed by atoms with Crippen molar-refractivity contribution in [2.24, 2.45) is 17.8 Å². The Hall–Kier alpha value is -2.89. The summed E-state index contributed by atoms with van der Waals surface area (Å²) in [5.74, 6) is 8.52. The predicted octanol–water partition coefficient (Wildman–Crippen LogP) is 18.6. The number of carboxylic acid groups (broad SMARTS) is 1. The van der Waals surface area contributed by atoms with Crippen molar-refractivity contribution in [2.45, 2.75) is 271 Å². The van der Waals surface area contributed by atoms with Crippen molar-refractivity contribution in [2.75, 3.05) is 75.0 Å². The van der Waals surface area contributed by atoms with Crippen LogP contribution in [0.25, 0.3) is 0 Å². The van der Waals surface area contributed by atoms with Crippen molar-refractivity contribution in [1.82, 2.24) is 50.2 Å². The molecule has 2 saturated carbocycles. The van der Waals surface area contributed by atoms with Crippen LogP contribution in [0.5, 0.6) is 0 Å². The van der Waals surface area contributed by atoms with Crippen LogP contribution in [-0.2, 0) is 81.3 Å². The number of oxazole rings is 4. The largest absolute Gasteiger partial charge is 1.00 e. The van der Waals surface area contributed by atoms with E-state index in [9.17, 15) is 23.6 Å². The number of ether oxygens (including phenoxy) is 1. The average molecular weight is 2260 g/mol. The molecule has 4 aliphatic rings. The number of carbonyl (C=O) groups is 4. The van der Waals surface area contributed by atoms with Crippen LogP contribution >= 0.6 is 172 Å². The van der Waals surface area contributed by atoms with Gasteiger partial charge >= 0.3 is 86.9 Å². The SMILES string of the molecule is Br.C.C.C.C.C1CCOC1.C=CC(=O)Cl.CC(C)(C)c1cnc(CCl)o1.CC(C)(C)c1cnc(CSc2cnc(N)s2)o1.CC(C)(C)c1cnc(CSc2cnc(NC(=O)C3CCCCC3)s2)o1.CC(C)(C)c1cnc(CSc2cnc(NC(=O)C3CCNCC3)s2)o1.CCO.CO.Cl.N#CSc1cnc(N)s1.N#C[S-].Nc1ncc(Br)s1.O=C(O)C1CCCCC1.[2H]CF.[B].[H-].[K+].[Na+]. The van der Waals surface area contributed by atoms with Crippen LogP contribution in [0.15, 0.2) is 107 Å². The van der Waals surface area contributed by atoms with Gasteiger partial charge in [0.2, 0.25) is 40.6 Å². The van der Waals surface area contributed by atoms with Gasteiger partial charge in [0.05, 0.1) is 114 Å². The van der Waals surface area contributed by atoms with Crippen molar-refractivity contribution in [3.63, 3.8) is 0 Å². The van der Waals surface area contributed by atoms with Crippen molar-refractivity contribution in [1.29, 1.82) is 10.5 Å². The van der Waals surface area contributed by atoms with E-state index in [1.807, 2.05) is 5.40 Å². The van der Waals surface area contributed by atoms with E-state index >= 15 is 0 Å². The molecule has 9 aromatic heterocycles. The molecule has 0 spiro atoms. The van der Waals surface area contributed by atoms with E-state index in [2.05, 4.69) is 179 Å². The van der Waals surface area contributed by atoms with Gasteiger partial charge in [0, 0.05) is 80.6 Å². The number of nitrogens with zero attached hydrogens (tertiary/aromatic N) is 11. The number of anilines is 5. The first kappa shape index (κ1) is 144. The number of thiazole rings is 5. The fourth-order valence-corrected chi connectivity index (χ4v) is 17.1. The van der Waals surface area contributed by atoms with Crippen molar-refractivity contribution >= 4 is 242 Å². The Morgan fingerprint density at radius 3 is 1.14 bits per heavy atom. The predicted molar refractivity (Wildman–Crippen MR) is 559 cm³/mol. The number of amides is 2. The number of hydrogen-bond acceptors (Lipinski definition) is 36. The number of halogens is 6. The molecule has 13 rings (SSSR count). The van der Waals surface area contributed by atoms with E-state index in [1.165, 1.54) is 87.8 Å². The first-order chi connectivity index (χ1) is 58.7. The zero-order chi connectivity index (χ0) is 93.3. The number of aliphatic hydroxyl groups is 2. The Balaban J connectivity index is -0.000000164. The number of thiocyanates is 2. The smallest absolute Gasteiger partial charge is 1.00 e. The topological polar surface area (TPSA) is 468 Å². The molecule has 2 aliphatic heterocycles. The van der Waals surface area contributed by atoms with Crippen molar-refractivity contribution < 1.29 is 145 Å². The quantitative estimate of drug-likeness (QED) is 0.00777. The van der Waals surface area contributed by atoms with Crippen LogP contribution in [0.2, 0.25) is 0 Å². The first-order valence-electron chi connectivity index (χ1n) is 39.4. The minimum atomic E-state index is -1.00. The Morgan fingerprint density at radius 1 is 0.598 bits per heavy atom. The number of thioether (sulfide) groups is 4. The second-order valence-electron chi connectivity index (χ2n) is 29.9. The molecule has 2 saturated heterocycles. The summed E-state index contributed by atoms with van der Waals surface area (Å²) in [7, 11) is 0. The third-order valence-electron chi connectivity index (χ3n) is 16.0. The minimum absolute atomic E-state index is 0. The van der Waals surface area contributed by atoms with Gasteiger partial charge in [-0.2, -0.15) is 5.26 Å². The van der Waals surface area contributed by atoms with Gasteiger partial charge in [-0.1, -0.05) is 220 Å². The fourth-order valence-electron chi connectivity index (χ4n) is 9.75. The number of nitrogens with one attached hydrogen (secondary N) is 3. The van der Waals surface area contributed by atoms with E-state index < -0.39 is 18.4 Å². The molecule has 2 amide bonds. The first-order valence-corrected chi connectivity index (χ1v) is 48.6. The maximum Gasteiger partial charge on any atom is 1.00 e. The Kier molecular flexibility index (Phi) is 91.8. The van der Waals surface area contributed by atoms with Gasteiger partial charge in [0.15, 0.2) is 25.7 Å². The summed E-state index contributed by atoms with van der Waals surface area (Å²) < 4.78 is 48.1. The number of nitrogen functional groups attached to an aromatic ring is 3. The third kappa shape index (κ3) is 67.5. The number of alkyl halides is 2. The molecule has 132 heavy (non-hydrogen) atoms. The van der Waals surface area contributed by atoms with Crippen LogP contribution in [0.4, 0.5) is 30.0 Å². The number of allylic oxidation sites excluding steroid dienone is 1. The van der Waals surface area contributed by atoms with Crippen molar-refractivity contribution in [3.05, 3.63) is 119 Å². The molecule has 0 atom stereocenters. The summed E-state index contributed by atoms with van der Waals surface area (Å²) in [4.78, 5) is 81.4. The van der Waals surface area contributed by atoms with E-state index in [1.54, 1.807) is 98.0 Å². The maximum absolute atomic E-state index is 12.3. The fraction of sp³-hybridized carbons (Fsp3) is 0.583. The van der Waals surface area contributed by atoms with E-state index in [4.69, 9.17) is 90.0 Å². The number of aliphatic hydroxyl groups excluding tert-OH is 2. The number of aromatic nitrogens is 9. The van der Waals surface area contributed by atoms with Crippen molar-refractivity contribution in [3.8, 4) is 10.8 Å². The minimum Gasteiger partial charge on any atom is -1.00 e. The van der Waals surface area contributed by atoms with Gasteiger partial charge in [-0.05, 0) is 105 Å². The van der Waals surface area contributed by atoms with Gasteiger partial charge in [-0.15, -0.1) is 76.3 Å². The molecule has 4 fully saturated rings. The van der Waals surface area contributed by atoms with Gasteiger partial charge in [0.1, 0.15) is 28.4 Å². The number of piperidine rings is 1. The summed E-state index contributed by atoms with van der Waals surface area (Å²) in [5, 5.41) is 53.4. The number of carboxylic acids is 1. The van der Waals surface area contributed by atoms with Crippen LogP contribution in [-0.4, -0.2) is 139 Å². The van der Waals surface area contributed by atoms with Gasteiger partial charge in [0.25, 0.3) is 0 Å². The molecular weight excluding hydrogens is 2120 g/mol. The molecule has 9 aromatic rings. The standard InChI is InChI=1S/C18H25N3O2S2.C17H24N4O2S2.C11H15N3OS2.C8H12ClNO.C7H12O2.C4H3N3S2.C4H8O.C3H3BrN2S.C3H3ClO.C2H6O.CH3F.CHNS.CH4O.4CH4.B.BrH.ClH.K.Na.H/c1-18(2,3)13-9-19-14(23-13)11-24-15-10-20-17(25-15)21-16(22)12-7-5-4-6-8-12;1-17(2,3)12-8-19-13(23-12)10-24-14-9-20-16(25-14)21-15(22)11-4-6-18-7-5-11;1-11(2,3)7-4-13-8(15-7)6-16-9-5-14-10(12)17-9;1-8(2,3)6-5-10-7(4-9)11-6;8-7(9)6-4-2-1-3-5-6;5-2-8-3-1-7-4(6)9-3;1-2-4-5-3-1;4-2-1-6-3(5)7-2;1-2-3(4)5;1-2-3;1-2;2-1-3;1-2;;;;;;;;;;/h9-10,12H,4-8,11H2,1-3H3,(H,20,21,22);8-9,11,18H,4-7,10H2,1-3H3,(H,20,21,22);4-5H,6H2,1-3H3,(H2,12,14);5H,4H2,1-3H3;6H,1-5H2,(H,8,9);1H,(H2,6,7);1-4H2;1H,(H2,5,6);2H,1H2;3H,2H2,1H3;1H3;3H;2H,1H3;4*1H4;;2*1H;;;/q;;;;;;;;;;;;;;;;;;;;2*+1;-1/p-1/i;;;;;;;;;;1D;;;;;;;;;;;;. The Morgan fingerprint density at radius 2 is 0.894 bits per heavy atom. The Bertz CT molecular complexity index is 4360. The number of nitriles is 2. The van der Waals surface area contributed by atoms with E-state index in [-0.39, 0.29) is 208 Å². The molecular formula is C84H137BBr2Cl3FKN17NaO12S10. The van der Waals surface area contributed by atoms with Crippen LogP contribution < -0.4 is 114 Å². The van der Waals surface area contributed by atoms with Gasteiger partial charge in [-0.3, -0.25) is 23.6 Å². The monoisotopic (exact) mass is 2250 g/mol. The Labute approximate surface area is 930 Å². The number of nitrogens with two attached hydrogens (primary N) is 3. The van der Waals surface area contributed by atoms with Gasteiger partial charge < -0.3 is 84.9 Å². The second kappa shape index (κ2) is 83.9. The molecule has 11 heterocycles. The molecule has 2 aliphatic carbocycles. The number of rotatable bonds is 17. The maximum atomic E-state index is 12.3. The normalized spacial score (nSPS) is 12.8. The number of hydrogen-bond donors (Lipinski definition) is 9. The summed E-state index contributed by atoms with van der Waals surface area (Å²) in [6, 6.07) is 0. The number of aliphatic carboxylic acids is 1. The summed E-state index contributed by atoms with van der Waals surface area (Å²) in [5.41, 5.74) is 16.1. The van der Waals surface area contributed by atoms with E-state index in [0.717, 1.165) is 171 Å². The third-order valence-corrected chi connectivity index (χ3v) is 25.4. The molecule has 3 radical (unpaired) electrons. The van der Waals surface area contributed by atoms with Crippen LogP contribution in [0, 0.1) is 39.1 Å². The van der Waals surface area contributed by atoms with E-state index in [0.29, 0.717) is 60.6 Å². The summed E-state index contributed by atoms with van der Waals surface area (Å²) in [6.45, 7) is 34.0. The summed E-state index contributed by atoms with van der Waals surface area (Å²) in [6.07, 6.45) is 32.0. The average Bonchev–Trinajstić information content (AvgIpc) is 1.71. The van der Waals surface area contributed by atoms with Crippen LogP contribution in [0.1, 0.15) is 259 Å². The molecule has 29 nitrogen and oxygen atoms in total. The molecule has 0 bridgehead atoms. The van der Waals surface area contributed by atoms with Crippen LogP contribution in [0.3, 0.4) is 0 Å².